The zero-order chi connectivity index (χ0) is 19.8. The number of carbonyl (C=O) groups excluding carboxylic acids is 2. The van der Waals surface area contributed by atoms with Gasteiger partial charge in [-0.1, -0.05) is 12.1 Å². The standard InChI is InChI=1S/C24H22N2O3/c27-21-17-24(29-22-6-2-1-5-20(21)22)11-15-26(16-12-24)23(28)18-7-9-19(10-8-18)25-13-3-4-14-25/h1-10,13-14H,11-12,15-17H2. The van der Waals surface area contributed by atoms with Crippen LogP contribution in [-0.4, -0.2) is 39.8 Å². The summed E-state index contributed by atoms with van der Waals surface area (Å²) in [7, 11) is 0. The zero-order valence-electron chi connectivity index (χ0n) is 16.1. The molecule has 1 aromatic heterocycles. The van der Waals surface area contributed by atoms with Gasteiger partial charge in [-0.3, -0.25) is 9.59 Å². The van der Waals surface area contributed by atoms with Gasteiger partial charge in [0, 0.05) is 49.6 Å². The van der Waals surface area contributed by atoms with Gasteiger partial charge in [0.1, 0.15) is 11.4 Å². The maximum atomic E-state index is 12.9. The number of aromatic nitrogens is 1. The molecule has 5 nitrogen and oxygen atoms in total. The number of Topliss-reactive ketones (excluding diaryl/α,β-unsaturated/α-hetero) is 1. The predicted octanol–water partition coefficient (Wildman–Crippen LogP) is 4.12. The van der Waals surface area contributed by atoms with Gasteiger partial charge in [0.05, 0.1) is 12.0 Å². The Morgan fingerprint density at radius 2 is 1.59 bits per heavy atom. The average Bonchev–Trinajstić information content (AvgIpc) is 3.29. The SMILES string of the molecule is O=C1CC2(CCN(C(=O)c3ccc(-n4cccc4)cc3)CC2)Oc2ccccc21. The summed E-state index contributed by atoms with van der Waals surface area (Å²) in [4.78, 5) is 27.4. The van der Waals surface area contributed by atoms with Crippen molar-refractivity contribution in [3.05, 3.63) is 84.2 Å². The second-order valence-electron chi connectivity index (χ2n) is 7.81. The Morgan fingerprint density at radius 1 is 0.897 bits per heavy atom. The first-order valence-corrected chi connectivity index (χ1v) is 9.98. The lowest BCUT2D eigenvalue weighted by atomic mass is 9.82. The summed E-state index contributed by atoms with van der Waals surface area (Å²) in [6.45, 7) is 1.18. The molecule has 5 heteroatoms. The molecule has 0 N–H and O–H groups in total. The van der Waals surface area contributed by atoms with E-state index in [1.165, 1.54) is 0 Å². The van der Waals surface area contributed by atoms with Crippen LogP contribution in [-0.2, 0) is 0 Å². The van der Waals surface area contributed by atoms with Crippen molar-refractivity contribution in [1.82, 2.24) is 9.47 Å². The van der Waals surface area contributed by atoms with Crippen molar-refractivity contribution < 1.29 is 14.3 Å². The molecule has 0 unspecified atom stereocenters. The van der Waals surface area contributed by atoms with Crippen LogP contribution >= 0.6 is 0 Å². The Kier molecular flexibility index (Phi) is 4.23. The Hall–Kier alpha value is -3.34. The predicted molar refractivity (Wildman–Crippen MR) is 110 cm³/mol. The summed E-state index contributed by atoms with van der Waals surface area (Å²) in [5, 5.41) is 0. The van der Waals surface area contributed by atoms with Gasteiger partial charge in [-0.2, -0.15) is 0 Å². The van der Waals surface area contributed by atoms with Crippen LogP contribution in [0.2, 0.25) is 0 Å². The van der Waals surface area contributed by atoms with Crippen LogP contribution in [0.3, 0.4) is 0 Å². The zero-order valence-corrected chi connectivity index (χ0v) is 16.1. The van der Waals surface area contributed by atoms with E-state index in [-0.39, 0.29) is 11.7 Å². The van der Waals surface area contributed by atoms with Crippen LogP contribution in [0.1, 0.15) is 40.0 Å². The van der Waals surface area contributed by atoms with E-state index < -0.39 is 5.60 Å². The molecule has 1 fully saturated rings. The van der Waals surface area contributed by atoms with E-state index in [0.717, 1.165) is 5.69 Å². The molecule has 3 aromatic rings. The molecule has 0 radical (unpaired) electrons. The fraction of sp³-hybridized carbons (Fsp3) is 0.250. The maximum Gasteiger partial charge on any atom is 0.253 e. The minimum atomic E-state index is -0.486. The highest BCUT2D eigenvalue weighted by atomic mass is 16.5. The van der Waals surface area contributed by atoms with E-state index in [9.17, 15) is 9.59 Å². The number of amides is 1. The number of para-hydroxylation sites is 1. The van der Waals surface area contributed by atoms with Crippen LogP contribution < -0.4 is 4.74 Å². The molecule has 1 spiro atoms. The van der Waals surface area contributed by atoms with Crippen LogP contribution in [0.25, 0.3) is 5.69 Å². The molecule has 0 atom stereocenters. The molecule has 0 bridgehead atoms. The summed E-state index contributed by atoms with van der Waals surface area (Å²) in [6.07, 6.45) is 5.67. The molecule has 2 aromatic carbocycles. The van der Waals surface area contributed by atoms with E-state index in [1.54, 1.807) is 0 Å². The molecule has 0 saturated carbocycles. The van der Waals surface area contributed by atoms with Gasteiger partial charge in [0.25, 0.3) is 5.91 Å². The van der Waals surface area contributed by atoms with Crippen molar-refractivity contribution in [2.45, 2.75) is 24.9 Å². The van der Waals surface area contributed by atoms with Crippen molar-refractivity contribution in [1.29, 1.82) is 0 Å². The second-order valence-corrected chi connectivity index (χ2v) is 7.81. The topological polar surface area (TPSA) is 51.5 Å². The third-order valence-corrected chi connectivity index (χ3v) is 5.98. The van der Waals surface area contributed by atoms with Gasteiger partial charge in [0.15, 0.2) is 5.78 Å². The number of ether oxygens (including phenoxy) is 1. The number of hydrogen-bond acceptors (Lipinski definition) is 3. The molecule has 146 valence electrons. The number of carbonyl (C=O) groups is 2. The molecule has 1 saturated heterocycles. The second kappa shape index (κ2) is 6.92. The highest BCUT2D eigenvalue weighted by Gasteiger charge is 2.43. The molecule has 3 heterocycles. The van der Waals surface area contributed by atoms with Crippen molar-refractivity contribution in [3.8, 4) is 11.4 Å². The van der Waals surface area contributed by atoms with Crippen LogP contribution in [0.4, 0.5) is 0 Å². The van der Waals surface area contributed by atoms with E-state index in [0.29, 0.717) is 49.2 Å². The lowest BCUT2D eigenvalue weighted by molar-refractivity contribution is -0.00570. The molecule has 2 aliphatic heterocycles. The van der Waals surface area contributed by atoms with Gasteiger partial charge < -0.3 is 14.2 Å². The van der Waals surface area contributed by atoms with Crippen molar-refractivity contribution in [2.24, 2.45) is 0 Å². The smallest absolute Gasteiger partial charge is 0.253 e. The first-order chi connectivity index (χ1) is 14.1. The van der Waals surface area contributed by atoms with Gasteiger partial charge in [-0.25, -0.2) is 0 Å². The normalized spacial score (nSPS) is 17.7. The number of piperidine rings is 1. The number of nitrogens with zero attached hydrogens (tertiary/aromatic N) is 2. The average molecular weight is 386 g/mol. The summed E-state index contributed by atoms with van der Waals surface area (Å²) in [6, 6.07) is 19.0. The van der Waals surface area contributed by atoms with Gasteiger partial charge in [-0.15, -0.1) is 0 Å². The van der Waals surface area contributed by atoms with Crippen LogP contribution in [0, 0.1) is 0 Å². The lowest BCUT2D eigenvalue weighted by Crippen LogP contribution is -2.52. The Bertz CT molecular complexity index is 1050. The Balaban J connectivity index is 1.27. The van der Waals surface area contributed by atoms with Gasteiger partial charge in [0.2, 0.25) is 0 Å². The summed E-state index contributed by atoms with van der Waals surface area (Å²) >= 11 is 0. The maximum absolute atomic E-state index is 12.9. The number of fused-ring (bicyclic) bond motifs is 1. The first kappa shape index (κ1) is 17.7. The highest BCUT2D eigenvalue weighted by Crippen LogP contribution is 2.39. The number of ketones is 1. The summed E-state index contributed by atoms with van der Waals surface area (Å²) in [5.41, 5.74) is 1.89. The van der Waals surface area contributed by atoms with Crippen molar-refractivity contribution in [2.75, 3.05) is 13.1 Å². The van der Waals surface area contributed by atoms with Crippen molar-refractivity contribution >= 4 is 11.7 Å². The fourth-order valence-electron chi connectivity index (χ4n) is 4.30. The third kappa shape index (κ3) is 3.23. The molecule has 0 aliphatic carbocycles. The third-order valence-electron chi connectivity index (χ3n) is 5.98. The van der Waals surface area contributed by atoms with E-state index in [2.05, 4.69) is 0 Å². The summed E-state index contributed by atoms with van der Waals surface area (Å²) < 4.78 is 8.27. The first-order valence-electron chi connectivity index (χ1n) is 9.98. The molecule has 5 rings (SSSR count). The molecule has 2 aliphatic rings. The molecular weight excluding hydrogens is 364 g/mol. The summed E-state index contributed by atoms with van der Waals surface area (Å²) in [5.74, 6) is 0.831. The minimum absolute atomic E-state index is 0.0291. The van der Waals surface area contributed by atoms with Gasteiger partial charge in [-0.05, 0) is 48.5 Å². The quantitative estimate of drug-likeness (QED) is 0.666. The lowest BCUT2D eigenvalue weighted by Gasteiger charge is -2.44. The van der Waals surface area contributed by atoms with E-state index >= 15 is 0 Å². The monoisotopic (exact) mass is 386 g/mol. The van der Waals surface area contributed by atoms with Crippen LogP contribution in [0.5, 0.6) is 5.75 Å². The van der Waals surface area contributed by atoms with Gasteiger partial charge >= 0.3 is 0 Å². The van der Waals surface area contributed by atoms with Crippen LogP contribution in [0.15, 0.2) is 73.1 Å². The Labute approximate surface area is 169 Å². The number of rotatable bonds is 2. The van der Waals surface area contributed by atoms with Crippen molar-refractivity contribution in [3.63, 3.8) is 0 Å². The highest BCUT2D eigenvalue weighted by molar-refractivity contribution is 6.00. The number of hydrogen-bond donors (Lipinski definition) is 0. The fourth-order valence-corrected chi connectivity index (χ4v) is 4.30. The minimum Gasteiger partial charge on any atom is -0.486 e. The van der Waals surface area contributed by atoms with E-state index in [1.807, 2.05) is 82.5 Å². The van der Waals surface area contributed by atoms with E-state index in [4.69, 9.17) is 4.74 Å². The molecule has 29 heavy (non-hydrogen) atoms. The number of likely N-dealkylation sites (tertiary alicyclic amines) is 1. The largest absolute Gasteiger partial charge is 0.486 e. The number of benzene rings is 2. The Morgan fingerprint density at radius 3 is 2.31 bits per heavy atom. The molecule has 1 amide bonds. The molecular formula is C24H22N2O3.